The van der Waals surface area contributed by atoms with Crippen molar-refractivity contribution in [2.45, 2.75) is 39.7 Å². The van der Waals surface area contributed by atoms with Gasteiger partial charge in [0.1, 0.15) is 5.82 Å². The van der Waals surface area contributed by atoms with Crippen LogP contribution in [0.3, 0.4) is 0 Å². The van der Waals surface area contributed by atoms with Crippen LogP contribution in [-0.2, 0) is 0 Å². The van der Waals surface area contributed by atoms with E-state index in [2.05, 4.69) is 89.3 Å². The minimum absolute atomic E-state index is 0.0274. The number of aromatic nitrogens is 3. The number of benzene rings is 1. The number of pyridine rings is 1. The van der Waals surface area contributed by atoms with Gasteiger partial charge in [-0.3, -0.25) is 4.79 Å². The first-order valence-corrected chi connectivity index (χ1v) is 12.4. The smallest absolute Gasteiger partial charge is 0.253 e. The molecule has 182 valence electrons. The van der Waals surface area contributed by atoms with Gasteiger partial charge in [0.25, 0.3) is 5.91 Å². The molecule has 2 aromatic heterocycles. The average molecular weight is 471 g/mol. The molecule has 2 aliphatic rings. The molecule has 1 aromatic carbocycles. The van der Waals surface area contributed by atoms with Gasteiger partial charge in [-0.25, -0.2) is 9.97 Å². The Morgan fingerprint density at radius 2 is 1.97 bits per heavy atom. The summed E-state index contributed by atoms with van der Waals surface area (Å²) < 4.78 is 0. The van der Waals surface area contributed by atoms with Crippen molar-refractivity contribution < 1.29 is 4.79 Å². The molecule has 2 heterocycles. The van der Waals surface area contributed by atoms with E-state index >= 15 is 0 Å². The van der Waals surface area contributed by atoms with Crippen LogP contribution in [0.2, 0.25) is 0 Å². The highest BCUT2D eigenvalue weighted by Crippen LogP contribution is 2.58. The number of imidazole rings is 1. The Bertz CT molecular complexity index is 1310. The topological polar surface area (TPSA) is 85.9 Å². The molecule has 3 unspecified atom stereocenters. The van der Waals surface area contributed by atoms with Gasteiger partial charge in [0, 0.05) is 36.0 Å². The Hall–Kier alpha value is -3.37. The Morgan fingerprint density at radius 1 is 1.20 bits per heavy atom. The summed E-state index contributed by atoms with van der Waals surface area (Å²) in [5, 5.41) is 6.73. The molecule has 2 bridgehead atoms. The summed E-state index contributed by atoms with van der Waals surface area (Å²) >= 11 is 0. The molecule has 0 radical (unpaired) electrons. The van der Waals surface area contributed by atoms with E-state index in [0.717, 1.165) is 37.2 Å². The fourth-order valence-electron chi connectivity index (χ4n) is 5.35. The standard InChI is InChI=1S/C28H34N6O/c1-27(2)19-11-13-28(27,3)22(17-19)31-26(35)21-12-15-30-25-23(21)32-24(33-25)18-7-9-20(10-8-18)29-14-6-16-34(4)5/h7-10,12,15,19,22,29H,6,14,16-17H2,1-5H3,(H,31,35)(H,30,32,33). The maximum absolute atomic E-state index is 13.4. The number of nitrogens with one attached hydrogen (secondary N) is 3. The van der Waals surface area contributed by atoms with Crippen LogP contribution in [0.4, 0.5) is 5.69 Å². The molecule has 1 saturated carbocycles. The first kappa shape index (κ1) is 23.4. The van der Waals surface area contributed by atoms with Gasteiger partial charge in [-0.15, -0.1) is 0 Å². The van der Waals surface area contributed by atoms with Crippen LogP contribution < -0.4 is 10.6 Å². The summed E-state index contributed by atoms with van der Waals surface area (Å²) in [6.45, 7) is 8.64. The molecule has 7 nitrogen and oxygen atoms in total. The quantitative estimate of drug-likeness (QED) is 0.340. The molecule has 1 amide bonds. The van der Waals surface area contributed by atoms with Crippen molar-refractivity contribution in [2.24, 2.45) is 16.7 Å². The number of nitrogens with zero attached hydrogens (tertiary/aromatic N) is 3. The van der Waals surface area contributed by atoms with Crippen molar-refractivity contribution in [2.75, 3.05) is 32.5 Å². The van der Waals surface area contributed by atoms with E-state index in [4.69, 9.17) is 0 Å². The van der Waals surface area contributed by atoms with Crippen LogP contribution in [0, 0.1) is 28.6 Å². The Labute approximate surface area is 207 Å². The molecule has 3 N–H and O–H groups in total. The van der Waals surface area contributed by atoms with E-state index in [1.165, 1.54) is 0 Å². The minimum Gasteiger partial charge on any atom is -0.385 e. The molecule has 35 heavy (non-hydrogen) atoms. The number of fused-ring (bicyclic) bond motifs is 3. The normalized spacial score (nSPS) is 23.9. The van der Waals surface area contributed by atoms with Crippen molar-refractivity contribution in [3.8, 4) is 23.2 Å². The zero-order valence-electron chi connectivity index (χ0n) is 21.2. The maximum atomic E-state index is 13.4. The van der Waals surface area contributed by atoms with Gasteiger partial charge in [-0.1, -0.05) is 25.7 Å². The Balaban J connectivity index is 1.32. The third-order valence-electron chi connectivity index (χ3n) is 8.10. The summed E-state index contributed by atoms with van der Waals surface area (Å²) in [5.41, 5.74) is 3.60. The second-order valence-corrected chi connectivity index (χ2v) is 10.8. The summed E-state index contributed by atoms with van der Waals surface area (Å²) in [7, 11) is 4.17. The summed E-state index contributed by atoms with van der Waals surface area (Å²) in [6, 6.07) is 9.95. The Morgan fingerprint density at radius 3 is 2.63 bits per heavy atom. The monoisotopic (exact) mass is 470 g/mol. The van der Waals surface area contributed by atoms with Gasteiger partial charge < -0.3 is 20.5 Å². The van der Waals surface area contributed by atoms with E-state index < -0.39 is 0 Å². The molecule has 7 heteroatoms. The largest absolute Gasteiger partial charge is 0.385 e. The number of carbonyl (C=O) groups excluding carboxylic acids is 1. The van der Waals surface area contributed by atoms with E-state index in [9.17, 15) is 4.79 Å². The van der Waals surface area contributed by atoms with Crippen LogP contribution in [0.15, 0.2) is 36.5 Å². The number of hydrogen-bond donors (Lipinski definition) is 3. The van der Waals surface area contributed by atoms with Crippen LogP contribution in [0.25, 0.3) is 22.6 Å². The van der Waals surface area contributed by atoms with Crippen molar-refractivity contribution >= 4 is 22.8 Å². The number of hydrogen-bond acceptors (Lipinski definition) is 5. The van der Waals surface area contributed by atoms with Crippen molar-refractivity contribution in [1.29, 1.82) is 0 Å². The molecule has 0 aliphatic heterocycles. The van der Waals surface area contributed by atoms with E-state index in [1.54, 1.807) is 12.3 Å². The number of rotatable bonds is 8. The molecule has 1 fully saturated rings. The van der Waals surface area contributed by atoms with Crippen LogP contribution >= 0.6 is 0 Å². The van der Waals surface area contributed by atoms with Gasteiger partial charge in [-0.05, 0) is 76.2 Å². The van der Waals surface area contributed by atoms with Crippen molar-refractivity contribution in [3.05, 3.63) is 42.1 Å². The highest BCUT2D eigenvalue weighted by Gasteiger charge is 2.59. The van der Waals surface area contributed by atoms with Crippen molar-refractivity contribution in [1.82, 2.24) is 25.2 Å². The van der Waals surface area contributed by atoms with Crippen molar-refractivity contribution in [3.63, 3.8) is 0 Å². The summed E-state index contributed by atoms with van der Waals surface area (Å²) in [6.07, 6.45) is 3.62. The number of anilines is 1. The van der Waals surface area contributed by atoms with Gasteiger partial charge in [0.15, 0.2) is 5.65 Å². The minimum atomic E-state index is -0.221. The molecule has 0 spiro atoms. The third-order valence-corrected chi connectivity index (χ3v) is 8.10. The van der Waals surface area contributed by atoms with Gasteiger partial charge in [0.05, 0.1) is 16.5 Å². The highest BCUT2D eigenvalue weighted by atomic mass is 16.1. The fraction of sp³-hybridized carbons (Fsp3) is 0.464. The van der Waals surface area contributed by atoms with E-state index in [1.807, 2.05) is 12.1 Å². The van der Waals surface area contributed by atoms with Crippen LogP contribution in [0.1, 0.15) is 44.0 Å². The third kappa shape index (κ3) is 4.06. The number of aromatic amines is 1. The predicted octanol–water partition coefficient (Wildman–Crippen LogP) is 4.16. The summed E-state index contributed by atoms with van der Waals surface area (Å²) in [5.74, 6) is 7.69. The number of H-pyrrole nitrogens is 1. The lowest BCUT2D eigenvalue weighted by atomic mass is 9.69. The molecule has 3 aromatic rings. The van der Waals surface area contributed by atoms with Crippen LogP contribution in [0.5, 0.6) is 0 Å². The van der Waals surface area contributed by atoms with E-state index in [-0.39, 0.29) is 22.8 Å². The van der Waals surface area contributed by atoms with Gasteiger partial charge in [-0.2, -0.15) is 0 Å². The van der Waals surface area contributed by atoms with Crippen LogP contribution in [-0.4, -0.2) is 59.0 Å². The molecule has 5 rings (SSSR count). The molecule has 3 atom stereocenters. The lowest BCUT2D eigenvalue weighted by molar-refractivity contribution is 0.0893. The zero-order chi connectivity index (χ0) is 24.8. The SMILES string of the molecule is CN(C)CCCNc1ccc(-c2nc3nccc(C(=O)NC4CC5C#CC4(C)C5(C)C)c3[nH]2)cc1. The lowest BCUT2D eigenvalue weighted by Gasteiger charge is -2.36. The Kier molecular flexibility index (Phi) is 5.80. The van der Waals surface area contributed by atoms with E-state index in [0.29, 0.717) is 28.5 Å². The summed E-state index contributed by atoms with van der Waals surface area (Å²) in [4.78, 5) is 27.9. The van der Waals surface area contributed by atoms with Gasteiger partial charge >= 0.3 is 0 Å². The fourth-order valence-corrected chi connectivity index (χ4v) is 5.35. The predicted molar refractivity (Wildman–Crippen MR) is 140 cm³/mol. The second-order valence-electron chi connectivity index (χ2n) is 10.8. The number of amides is 1. The average Bonchev–Trinajstić information content (AvgIpc) is 3.41. The first-order valence-electron chi connectivity index (χ1n) is 12.4. The molecule has 0 saturated heterocycles. The number of carbonyl (C=O) groups is 1. The maximum Gasteiger partial charge on any atom is 0.253 e. The molecule has 2 aliphatic carbocycles. The second kappa shape index (κ2) is 8.69. The highest BCUT2D eigenvalue weighted by molar-refractivity contribution is 6.04. The lowest BCUT2D eigenvalue weighted by Crippen LogP contribution is -2.46. The molecular weight excluding hydrogens is 436 g/mol. The zero-order valence-corrected chi connectivity index (χ0v) is 21.2. The van der Waals surface area contributed by atoms with Gasteiger partial charge in [0.2, 0.25) is 0 Å². The molecular formula is C28H34N6O. The first-order chi connectivity index (χ1) is 16.7.